The third kappa shape index (κ3) is 4.41. The average molecular weight is 509 g/mol. The zero-order valence-corrected chi connectivity index (χ0v) is 21.3. The number of nitrogens with one attached hydrogen (secondary N) is 1. The summed E-state index contributed by atoms with van der Waals surface area (Å²) in [4.78, 5) is 24.3. The zero-order valence-electron chi connectivity index (χ0n) is 21.3. The number of carbonyl (C=O) groups is 1. The minimum Gasteiger partial charge on any atom is -0.478 e. The number of fused-ring (bicyclic) bond motifs is 1. The Morgan fingerprint density at radius 3 is 2.71 bits per heavy atom. The van der Waals surface area contributed by atoms with Crippen molar-refractivity contribution in [3.05, 3.63) is 83.7 Å². The number of ether oxygens (including phenoxy) is 1. The number of nitrogens with zero attached hydrogens (tertiary/aromatic N) is 3. The molecule has 194 valence electrons. The Balaban J connectivity index is 1.04. The Labute approximate surface area is 222 Å². The van der Waals surface area contributed by atoms with Gasteiger partial charge in [0.15, 0.2) is 0 Å². The van der Waals surface area contributed by atoms with Crippen LogP contribution in [0.25, 0.3) is 11.0 Å². The topological polar surface area (TPSA) is 81.7 Å². The number of likely N-dealkylation sites (tertiary alicyclic amines) is 1. The highest BCUT2D eigenvalue weighted by molar-refractivity contribution is 5.92. The van der Waals surface area contributed by atoms with E-state index in [1.807, 2.05) is 30.5 Å². The molecular formula is C31H32N4O3. The maximum absolute atomic E-state index is 11.9. The molecule has 3 aliphatic rings. The summed E-state index contributed by atoms with van der Waals surface area (Å²) in [6, 6.07) is 18.8. The molecule has 1 unspecified atom stereocenters. The van der Waals surface area contributed by atoms with Crippen LogP contribution in [0, 0.1) is 5.92 Å². The second-order valence-corrected chi connectivity index (χ2v) is 11.0. The zero-order chi connectivity index (χ0) is 25.6. The van der Waals surface area contributed by atoms with Crippen molar-refractivity contribution in [3.8, 4) is 11.5 Å². The third-order valence-corrected chi connectivity index (χ3v) is 8.35. The molecule has 0 radical (unpaired) electrons. The van der Waals surface area contributed by atoms with Crippen LogP contribution in [0.1, 0.15) is 59.1 Å². The van der Waals surface area contributed by atoms with Gasteiger partial charge in [-0.3, -0.25) is 4.90 Å². The van der Waals surface area contributed by atoms with E-state index in [9.17, 15) is 9.90 Å². The fourth-order valence-electron chi connectivity index (χ4n) is 6.28. The van der Waals surface area contributed by atoms with Crippen molar-refractivity contribution >= 4 is 22.7 Å². The molecule has 7 nitrogen and oxygen atoms in total. The van der Waals surface area contributed by atoms with E-state index in [1.54, 1.807) is 23.4 Å². The van der Waals surface area contributed by atoms with E-state index in [0.717, 1.165) is 42.3 Å². The lowest BCUT2D eigenvalue weighted by Gasteiger charge is -2.44. The summed E-state index contributed by atoms with van der Waals surface area (Å²) in [5.74, 6) is 1.23. The average Bonchev–Trinajstić information content (AvgIpc) is 3.46. The molecule has 2 aromatic heterocycles. The molecule has 38 heavy (non-hydrogen) atoms. The summed E-state index contributed by atoms with van der Waals surface area (Å²) < 4.78 is 6.05. The lowest BCUT2D eigenvalue weighted by molar-refractivity contribution is 0.0694. The van der Waals surface area contributed by atoms with Gasteiger partial charge in [0, 0.05) is 54.9 Å². The summed E-state index contributed by atoms with van der Waals surface area (Å²) in [6.07, 6.45) is 8.63. The molecule has 2 N–H and O–H groups in total. The quantitative estimate of drug-likeness (QED) is 0.295. The predicted molar refractivity (Wildman–Crippen MR) is 147 cm³/mol. The van der Waals surface area contributed by atoms with Crippen LogP contribution in [0.15, 0.2) is 67.0 Å². The lowest BCUT2D eigenvalue weighted by Crippen LogP contribution is -2.51. The number of aromatic nitrogens is 2. The number of rotatable bonds is 8. The Kier molecular flexibility index (Phi) is 5.81. The van der Waals surface area contributed by atoms with E-state index in [2.05, 4.69) is 44.0 Å². The van der Waals surface area contributed by atoms with Crippen LogP contribution in [0.2, 0.25) is 0 Å². The molecule has 0 amide bonds. The van der Waals surface area contributed by atoms with E-state index in [0.29, 0.717) is 23.5 Å². The molecule has 1 atom stereocenters. The van der Waals surface area contributed by atoms with E-state index in [-0.39, 0.29) is 5.56 Å². The Morgan fingerprint density at radius 2 is 1.89 bits per heavy atom. The van der Waals surface area contributed by atoms with Gasteiger partial charge in [-0.1, -0.05) is 24.3 Å². The van der Waals surface area contributed by atoms with Crippen molar-refractivity contribution in [1.29, 1.82) is 0 Å². The number of benzene rings is 2. The first kappa shape index (κ1) is 23.3. The number of anilines is 1. The number of carboxylic acids is 1. The van der Waals surface area contributed by atoms with Crippen LogP contribution >= 0.6 is 0 Å². The normalized spacial score (nSPS) is 20.1. The molecule has 0 bridgehead atoms. The standard InChI is InChI=1S/C31H32N4O3/c36-31(37)27-10-9-23(15-29(27)38-24-14-22-11-12-32-30(22)33-16-24)35-18-20(19-35)17-34-13-3-6-28(34)26-5-2-1-4-25(26)21-7-8-21/h1-2,4-5,9-12,14-16,20-21,28H,3,6-8,13,17-19H2,(H,32,33)(H,36,37). The number of hydrogen-bond acceptors (Lipinski definition) is 5. The van der Waals surface area contributed by atoms with Gasteiger partial charge in [-0.05, 0) is 73.5 Å². The number of carboxylic acid groups (broad SMARTS) is 1. The van der Waals surface area contributed by atoms with E-state index in [1.165, 1.54) is 32.2 Å². The summed E-state index contributed by atoms with van der Waals surface area (Å²) in [5.41, 5.74) is 5.05. The monoisotopic (exact) mass is 508 g/mol. The SMILES string of the molecule is O=C(O)c1ccc(N2CC(CN3CCCC3c3ccccc3C3CC3)C2)cc1Oc1cnc2[nH]ccc2c1. The largest absolute Gasteiger partial charge is 0.478 e. The fourth-order valence-corrected chi connectivity index (χ4v) is 6.28. The molecule has 0 spiro atoms. The number of H-pyrrole nitrogens is 1. The van der Waals surface area contributed by atoms with Gasteiger partial charge in [0.1, 0.15) is 22.7 Å². The van der Waals surface area contributed by atoms with Gasteiger partial charge in [-0.15, -0.1) is 0 Å². The molecule has 2 aliphatic heterocycles. The van der Waals surface area contributed by atoms with Crippen molar-refractivity contribution in [1.82, 2.24) is 14.9 Å². The van der Waals surface area contributed by atoms with Gasteiger partial charge in [0.05, 0.1) is 6.20 Å². The lowest BCUT2D eigenvalue weighted by atomic mass is 9.93. The molecule has 4 aromatic rings. The first-order valence-corrected chi connectivity index (χ1v) is 13.7. The van der Waals surface area contributed by atoms with E-state index in [4.69, 9.17) is 4.74 Å². The van der Waals surface area contributed by atoms with Crippen molar-refractivity contribution in [2.45, 2.75) is 37.6 Å². The van der Waals surface area contributed by atoms with Crippen LogP contribution in [-0.2, 0) is 0 Å². The number of pyridine rings is 1. The molecule has 2 aromatic carbocycles. The first-order chi connectivity index (χ1) is 18.6. The van der Waals surface area contributed by atoms with Crippen LogP contribution in [-0.4, -0.2) is 52.1 Å². The Morgan fingerprint density at radius 1 is 1.05 bits per heavy atom. The minimum absolute atomic E-state index is 0.147. The van der Waals surface area contributed by atoms with E-state index >= 15 is 0 Å². The third-order valence-electron chi connectivity index (χ3n) is 8.35. The smallest absolute Gasteiger partial charge is 0.339 e. The number of aromatic carboxylic acids is 1. The minimum atomic E-state index is -1.00. The van der Waals surface area contributed by atoms with E-state index < -0.39 is 5.97 Å². The van der Waals surface area contributed by atoms with Crippen LogP contribution in [0.4, 0.5) is 5.69 Å². The maximum Gasteiger partial charge on any atom is 0.339 e. The summed E-state index contributed by atoms with van der Waals surface area (Å²) >= 11 is 0. The molecule has 3 fully saturated rings. The molecular weight excluding hydrogens is 476 g/mol. The van der Waals surface area contributed by atoms with Crippen LogP contribution < -0.4 is 9.64 Å². The molecule has 2 saturated heterocycles. The van der Waals surface area contributed by atoms with Gasteiger partial charge in [-0.25, -0.2) is 9.78 Å². The van der Waals surface area contributed by atoms with Crippen LogP contribution in [0.5, 0.6) is 11.5 Å². The fraction of sp³-hybridized carbons (Fsp3) is 0.355. The summed E-state index contributed by atoms with van der Waals surface area (Å²) in [6.45, 7) is 4.22. The summed E-state index contributed by atoms with van der Waals surface area (Å²) in [5, 5.41) is 10.7. The van der Waals surface area contributed by atoms with Gasteiger partial charge in [0.2, 0.25) is 0 Å². The highest BCUT2D eigenvalue weighted by Gasteiger charge is 2.36. The van der Waals surface area contributed by atoms with Crippen LogP contribution in [0.3, 0.4) is 0 Å². The van der Waals surface area contributed by atoms with Crippen molar-refractivity contribution in [2.24, 2.45) is 5.92 Å². The molecule has 1 saturated carbocycles. The summed E-state index contributed by atoms with van der Waals surface area (Å²) in [7, 11) is 0. The Hall–Kier alpha value is -3.84. The maximum atomic E-state index is 11.9. The molecule has 7 heteroatoms. The second kappa shape index (κ2) is 9.48. The van der Waals surface area contributed by atoms with Gasteiger partial charge >= 0.3 is 5.97 Å². The van der Waals surface area contributed by atoms with Crippen molar-refractivity contribution in [3.63, 3.8) is 0 Å². The predicted octanol–water partition coefficient (Wildman–Crippen LogP) is 6.20. The number of hydrogen-bond donors (Lipinski definition) is 2. The molecule has 4 heterocycles. The first-order valence-electron chi connectivity index (χ1n) is 13.7. The van der Waals surface area contributed by atoms with Gasteiger partial charge in [0.25, 0.3) is 0 Å². The highest BCUT2D eigenvalue weighted by Crippen LogP contribution is 2.46. The molecule has 7 rings (SSSR count). The highest BCUT2D eigenvalue weighted by atomic mass is 16.5. The number of aromatic amines is 1. The van der Waals surface area contributed by atoms with Gasteiger partial charge < -0.3 is 19.7 Å². The van der Waals surface area contributed by atoms with Crippen molar-refractivity contribution < 1.29 is 14.6 Å². The van der Waals surface area contributed by atoms with Crippen molar-refractivity contribution in [2.75, 3.05) is 31.1 Å². The molecule has 1 aliphatic carbocycles. The Bertz CT molecular complexity index is 1490. The van der Waals surface area contributed by atoms with Gasteiger partial charge in [-0.2, -0.15) is 0 Å². The second-order valence-electron chi connectivity index (χ2n) is 11.0.